The van der Waals surface area contributed by atoms with Gasteiger partial charge in [-0.1, -0.05) is 30.3 Å². The number of para-hydroxylation sites is 1. The van der Waals surface area contributed by atoms with Crippen molar-refractivity contribution in [3.05, 3.63) is 72.6 Å². The lowest BCUT2D eigenvalue weighted by Gasteiger charge is -2.34. The van der Waals surface area contributed by atoms with Crippen LogP contribution in [0.4, 0.5) is 5.69 Å². The maximum absolute atomic E-state index is 12.9. The molecule has 0 N–H and O–H groups in total. The Hall–Kier alpha value is -3.41. The summed E-state index contributed by atoms with van der Waals surface area (Å²) in [5.41, 5.74) is 2.41. The van der Waals surface area contributed by atoms with Gasteiger partial charge in [-0.25, -0.2) is 4.98 Å². The summed E-state index contributed by atoms with van der Waals surface area (Å²) in [5, 5.41) is 0. The molecule has 1 saturated heterocycles. The molecule has 0 unspecified atom stereocenters. The van der Waals surface area contributed by atoms with Gasteiger partial charge in [0, 0.05) is 48.3 Å². The van der Waals surface area contributed by atoms with Gasteiger partial charge < -0.3 is 14.4 Å². The number of rotatable bonds is 4. The molecule has 0 spiro atoms. The average molecular weight is 388 g/mol. The second-order valence-electron chi connectivity index (χ2n) is 7.44. The Balaban J connectivity index is 1.46. The fraction of sp³-hybridized carbons (Fsp3) is 0.261. The third kappa shape index (κ3) is 3.78. The normalized spacial score (nSPS) is 14.5. The van der Waals surface area contributed by atoms with Crippen molar-refractivity contribution in [2.45, 2.75) is 19.9 Å². The molecule has 0 radical (unpaired) electrons. The Kier molecular flexibility index (Phi) is 5.16. The Morgan fingerprint density at radius 1 is 1.00 bits per heavy atom. The summed E-state index contributed by atoms with van der Waals surface area (Å²) in [5.74, 6) is 0.696. The van der Waals surface area contributed by atoms with E-state index in [-0.39, 0.29) is 18.4 Å². The molecule has 2 amide bonds. The molecule has 0 bridgehead atoms. The van der Waals surface area contributed by atoms with Crippen LogP contribution in [-0.4, -0.2) is 45.9 Å². The van der Waals surface area contributed by atoms with Crippen LogP contribution in [0.2, 0.25) is 0 Å². The zero-order valence-corrected chi connectivity index (χ0v) is 16.7. The van der Waals surface area contributed by atoms with E-state index < -0.39 is 0 Å². The second-order valence-corrected chi connectivity index (χ2v) is 7.44. The standard InChI is InChI=1S/C23H24N4O2/c1-17(2)26-13-12-24-22(26)18-8-10-19(11-9-18)23(29)25-14-15-27(21(28)16-25)20-6-4-3-5-7-20/h3-13,17H,14-16H2,1-2H3. The molecule has 1 aliphatic heterocycles. The van der Waals surface area contributed by atoms with Gasteiger partial charge in [0.25, 0.3) is 5.91 Å². The minimum absolute atomic E-state index is 0.0635. The molecule has 29 heavy (non-hydrogen) atoms. The number of carbonyl (C=O) groups excluding carboxylic acids is 2. The van der Waals surface area contributed by atoms with Crippen molar-refractivity contribution in [1.82, 2.24) is 14.5 Å². The van der Waals surface area contributed by atoms with Crippen LogP contribution in [-0.2, 0) is 4.79 Å². The van der Waals surface area contributed by atoms with Crippen molar-refractivity contribution in [2.24, 2.45) is 0 Å². The summed E-state index contributed by atoms with van der Waals surface area (Å²) in [6.07, 6.45) is 3.74. The van der Waals surface area contributed by atoms with E-state index in [4.69, 9.17) is 0 Å². The van der Waals surface area contributed by atoms with E-state index in [0.717, 1.165) is 17.1 Å². The maximum Gasteiger partial charge on any atom is 0.254 e. The molecule has 2 heterocycles. The number of carbonyl (C=O) groups is 2. The number of anilines is 1. The van der Waals surface area contributed by atoms with Crippen LogP contribution in [0.3, 0.4) is 0 Å². The molecule has 1 aliphatic rings. The third-order valence-corrected chi connectivity index (χ3v) is 5.19. The first-order chi connectivity index (χ1) is 14.0. The van der Waals surface area contributed by atoms with E-state index in [0.29, 0.717) is 24.7 Å². The van der Waals surface area contributed by atoms with Gasteiger partial charge in [-0.3, -0.25) is 9.59 Å². The number of imidazole rings is 1. The Morgan fingerprint density at radius 3 is 2.38 bits per heavy atom. The first kappa shape index (κ1) is 18.9. The lowest BCUT2D eigenvalue weighted by atomic mass is 10.1. The second kappa shape index (κ2) is 7.91. The lowest BCUT2D eigenvalue weighted by Crippen LogP contribution is -2.52. The van der Waals surface area contributed by atoms with Crippen molar-refractivity contribution in [3.8, 4) is 11.4 Å². The summed E-state index contributed by atoms with van der Waals surface area (Å²) in [6, 6.07) is 17.3. The first-order valence-corrected chi connectivity index (χ1v) is 9.82. The smallest absolute Gasteiger partial charge is 0.254 e. The highest BCUT2D eigenvalue weighted by atomic mass is 16.2. The summed E-state index contributed by atoms with van der Waals surface area (Å²) in [7, 11) is 0. The first-order valence-electron chi connectivity index (χ1n) is 9.82. The van der Waals surface area contributed by atoms with Crippen LogP contribution in [0.1, 0.15) is 30.2 Å². The number of hydrogen-bond donors (Lipinski definition) is 0. The van der Waals surface area contributed by atoms with E-state index in [1.54, 1.807) is 16.0 Å². The van der Waals surface area contributed by atoms with Gasteiger partial charge in [-0.2, -0.15) is 0 Å². The van der Waals surface area contributed by atoms with Crippen molar-refractivity contribution < 1.29 is 9.59 Å². The van der Waals surface area contributed by atoms with Crippen molar-refractivity contribution in [1.29, 1.82) is 0 Å². The summed E-state index contributed by atoms with van der Waals surface area (Å²) in [4.78, 5) is 33.3. The largest absolute Gasteiger partial charge is 0.328 e. The van der Waals surface area contributed by atoms with Gasteiger partial charge >= 0.3 is 0 Å². The SMILES string of the molecule is CC(C)n1ccnc1-c1ccc(C(=O)N2CCN(c3ccccc3)C(=O)C2)cc1. The third-order valence-electron chi connectivity index (χ3n) is 5.19. The molecule has 0 atom stereocenters. The average Bonchev–Trinajstić information content (AvgIpc) is 3.24. The van der Waals surface area contributed by atoms with Gasteiger partial charge in [-0.05, 0) is 38.1 Å². The minimum Gasteiger partial charge on any atom is -0.328 e. The quantitative estimate of drug-likeness (QED) is 0.686. The summed E-state index contributed by atoms with van der Waals surface area (Å²) in [6.45, 7) is 5.31. The maximum atomic E-state index is 12.9. The number of nitrogens with zero attached hydrogens (tertiary/aromatic N) is 4. The minimum atomic E-state index is -0.121. The van der Waals surface area contributed by atoms with Gasteiger partial charge in [0.2, 0.25) is 5.91 Å². The van der Waals surface area contributed by atoms with Crippen LogP contribution in [0.25, 0.3) is 11.4 Å². The Labute approximate surface area is 170 Å². The zero-order valence-electron chi connectivity index (χ0n) is 16.7. The van der Waals surface area contributed by atoms with Crippen LogP contribution < -0.4 is 4.90 Å². The van der Waals surface area contributed by atoms with E-state index >= 15 is 0 Å². The molecule has 6 nitrogen and oxygen atoms in total. The van der Waals surface area contributed by atoms with Crippen LogP contribution in [0.15, 0.2) is 67.0 Å². The molecule has 148 valence electrons. The molecular weight excluding hydrogens is 364 g/mol. The number of benzene rings is 2. The number of aromatic nitrogens is 2. The van der Waals surface area contributed by atoms with E-state index in [1.165, 1.54) is 0 Å². The van der Waals surface area contributed by atoms with Crippen molar-refractivity contribution in [3.63, 3.8) is 0 Å². The molecule has 2 aromatic carbocycles. The van der Waals surface area contributed by atoms with Gasteiger partial charge in [-0.15, -0.1) is 0 Å². The topological polar surface area (TPSA) is 58.4 Å². The molecule has 3 aromatic rings. The fourth-order valence-corrected chi connectivity index (χ4v) is 3.63. The zero-order chi connectivity index (χ0) is 20.4. The molecule has 0 saturated carbocycles. The highest BCUT2D eigenvalue weighted by molar-refractivity contribution is 6.01. The molecule has 4 rings (SSSR count). The van der Waals surface area contributed by atoms with Crippen LogP contribution >= 0.6 is 0 Å². The van der Waals surface area contributed by atoms with Gasteiger partial charge in [0.15, 0.2) is 0 Å². The van der Waals surface area contributed by atoms with Crippen molar-refractivity contribution >= 4 is 17.5 Å². The monoisotopic (exact) mass is 388 g/mol. The van der Waals surface area contributed by atoms with Crippen LogP contribution in [0.5, 0.6) is 0 Å². The van der Waals surface area contributed by atoms with Gasteiger partial charge in [0.1, 0.15) is 12.4 Å². The Morgan fingerprint density at radius 2 is 1.72 bits per heavy atom. The highest BCUT2D eigenvalue weighted by Gasteiger charge is 2.28. The Bertz CT molecular complexity index is 1010. The van der Waals surface area contributed by atoms with Crippen LogP contribution in [0, 0.1) is 0 Å². The number of piperazine rings is 1. The molecular formula is C23H24N4O2. The molecule has 0 aliphatic carbocycles. The summed E-state index contributed by atoms with van der Waals surface area (Å²) < 4.78 is 2.10. The fourth-order valence-electron chi connectivity index (χ4n) is 3.63. The summed E-state index contributed by atoms with van der Waals surface area (Å²) >= 11 is 0. The number of amides is 2. The lowest BCUT2D eigenvalue weighted by molar-refractivity contribution is -0.120. The molecule has 6 heteroatoms. The van der Waals surface area contributed by atoms with E-state index in [1.807, 2.05) is 60.8 Å². The van der Waals surface area contributed by atoms with Crippen molar-refractivity contribution in [2.75, 3.05) is 24.5 Å². The predicted octanol–water partition coefficient (Wildman–Crippen LogP) is 3.62. The highest BCUT2D eigenvalue weighted by Crippen LogP contribution is 2.23. The van der Waals surface area contributed by atoms with E-state index in [9.17, 15) is 9.59 Å². The molecule has 1 aromatic heterocycles. The molecule has 1 fully saturated rings. The van der Waals surface area contributed by atoms with Gasteiger partial charge in [0.05, 0.1) is 0 Å². The van der Waals surface area contributed by atoms with E-state index in [2.05, 4.69) is 23.4 Å². The number of hydrogen-bond acceptors (Lipinski definition) is 3. The predicted molar refractivity (Wildman–Crippen MR) is 113 cm³/mol.